The molecule has 0 bridgehead atoms. The highest BCUT2D eigenvalue weighted by Gasteiger charge is 2.54. The summed E-state index contributed by atoms with van der Waals surface area (Å²) >= 11 is 12.1. The molecule has 0 aromatic heterocycles. The predicted octanol–water partition coefficient (Wildman–Crippen LogP) is 3.72. The number of amides is 4. The lowest BCUT2D eigenvalue weighted by molar-refractivity contribution is -0.134. The number of imide groups is 1. The van der Waals surface area contributed by atoms with Crippen LogP contribution in [0.2, 0.25) is 10.0 Å². The number of hydrogen-bond donors (Lipinski definition) is 2. The fraction of sp³-hybridized carbons (Fsp3) is 0.250. The molecule has 0 saturated carbocycles. The maximum absolute atomic E-state index is 13.2. The highest BCUT2D eigenvalue weighted by molar-refractivity contribution is 6.39. The molecular weight excluding hydrogens is 401 g/mol. The first-order valence-electron chi connectivity index (χ1n) is 8.89. The van der Waals surface area contributed by atoms with Gasteiger partial charge in [-0.25, -0.2) is 4.79 Å². The highest BCUT2D eigenvalue weighted by atomic mass is 35.5. The van der Waals surface area contributed by atoms with E-state index < -0.39 is 29.9 Å². The van der Waals surface area contributed by atoms with Gasteiger partial charge in [0.15, 0.2) is 0 Å². The minimum absolute atomic E-state index is 0.251. The summed E-state index contributed by atoms with van der Waals surface area (Å²) in [6.07, 6.45) is 2.13. The molecule has 4 rings (SSSR count). The number of carbonyl (C=O) groups excluding carboxylic acids is 3. The molecule has 2 N–H and O–H groups in total. The molecule has 1 unspecified atom stereocenters. The van der Waals surface area contributed by atoms with Crippen molar-refractivity contribution in [3.63, 3.8) is 0 Å². The van der Waals surface area contributed by atoms with Crippen LogP contribution in [0.5, 0.6) is 0 Å². The second-order valence-electron chi connectivity index (χ2n) is 6.88. The van der Waals surface area contributed by atoms with Crippen LogP contribution in [0.1, 0.15) is 24.0 Å². The quantitative estimate of drug-likeness (QED) is 0.746. The Hall–Kier alpha value is -2.57. The van der Waals surface area contributed by atoms with Crippen molar-refractivity contribution in [2.24, 2.45) is 0 Å². The minimum atomic E-state index is -1.10. The van der Waals surface area contributed by atoms with Crippen LogP contribution in [0.25, 0.3) is 0 Å². The van der Waals surface area contributed by atoms with Crippen LogP contribution in [0.3, 0.4) is 0 Å². The third-order valence-corrected chi connectivity index (χ3v) is 5.81. The molecule has 1 fully saturated rings. The second kappa shape index (κ2) is 7.11. The van der Waals surface area contributed by atoms with Crippen molar-refractivity contribution >= 4 is 46.7 Å². The van der Waals surface area contributed by atoms with Gasteiger partial charge in [0.1, 0.15) is 12.1 Å². The molecular formula is C20H17Cl2N3O3. The molecule has 1 saturated heterocycles. The van der Waals surface area contributed by atoms with E-state index >= 15 is 0 Å². The number of aryl methyl sites for hydroxylation is 1. The fourth-order valence-electron chi connectivity index (χ4n) is 3.89. The maximum atomic E-state index is 13.2. The molecule has 0 radical (unpaired) electrons. The van der Waals surface area contributed by atoms with E-state index in [9.17, 15) is 14.4 Å². The van der Waals surface area contributed by atoms with E-state index in [1.54, 1.807) is 18.2 Å². The number of hydrogen-bond acceptors (Lipinski definition) is 3. The van der Waals surface area contributed by atoms with Crippen molar-refractivity contribution in [3.8, 4) is 0 Å². The Labute approximate surface area is 171 Å². The maximum Gasteiger partial charge on any atom is 0.325 e. The summed E-state index contributed by atoms with van der Waals surface area (Å²) in [5.74, 6) is -0.968. The highest BCUT2D eigenvalue weighted by Crippen LogP contribution is 2.40. The van der Waals surface area contributed by atoms with Crippen LogP contribution < -0.4 is 10.6 Å². The Kier molecular flexibility index (Phi) is 4.77. The summed E-state index contributed by atoms with van der Waals surface area (Å²) in [5, 5.41) is 5.95. The van der Waals surface area contributed by atoms with Gasteiger partial charge in [0.2, 0.25) is 5.91 Å². The molecule has 1 heterocycles. The zero-order valence-electron chi connectivity index (χ0n) is 14.8. The van der Waals surface area contributed by atoms with Crippen LogP contribution >= 0.6 is 23.2 Å². The predicted molar refractivity (Wildman–Crippen MR) is 106 cm³/mol. The molecule has 1 spiro atoms. The monoisotopic (exact) mass is 417 g/mol. The number of para-hydroxylation sites is 1. The topological polar surface area (TPSA) is 78.5 Å². The molecule has 4 amide bonds. The van der Waals surface area contributed by atoms with Crippen LogP contribution in [0.15, 0.2) is 42.5 Å². The molecule has 2 aliphatic rings. The largest absolute Gasteiger partial charge is 0.325 e. The van der Waals surface area contributed by atoms with Gasteiger partial charge in [0.05, 0.1) is 15.7 Å². The third-order valence-electron chi connectivity index (χ3n) is 5.18. The Morgan fingerprint density at radius 2 is 1.82 bits per heavy atom. The van der Waals surface area contributed by atoms with E-state index in [1.165, 1.54) is 0 Å². The summed E-state index contributed by atoms with van der Waals surface area (Å²) in [6.45, 7) is -0.421. The lowest BCUT2D eigenvalue weighted by Gasteiger charge is -2.33. The van der Waals surface area contributed by atoms with E-state index in [1.807, 2.05) is 24.3 Å². The third kappa shape index (κ3) is 3.02. The first-order chi connectivity index (χ1) is 13.4. The molecule has 144 valence electrons. The van der Waals surface area contributed by atoms with Crippen LogP contribution in [-0.2, 0) is 21.5 Å². The summed E-state index contributed by atoms with van der Waals surface area (Å²) in [6, 6.07) is 11.8. The Morgan fingerprint density at radius 1 is 1.11 bits per heavy atom. The first kappa shape index (κ1) is 18.8. The van der Waals surface area contributed by atoms with E-state index in [-0.39, 0.29) is 15.7 Å². The number of urea groups is 1. The van der Waals surface area contributed by atoms with Gasteiger partial charge in [-0.2, -0.15) is 0 Å². The lowest BCUT2D eigenvalue weighted by atomic mass is 9.76. The van der Waals surface area contributed by atoms with Crippen molar-refractivity contribution in [1.29, 1.82) is 0 Å². The zero-order chi connectivity index (χ0) is 19.9. The van der Waals surface area contributed by atoms with Gasteiger partial charge in [-0.15, -0.1) is 0 Å². The van der Waals surface area contributed by atoms with Crippen molar-refractivity contribution < 1.29 is 14.4 Å². The lowest BCUT2D eigenvalue weighted by Crippen LogP contribution is -2.47. The van der Waals surface area contributed by atoms with E-state index in [0.717, 1.165) is 28.9 Å². The smallest absolute Gasteiger partial charge is 0.322 e. The summed E-state index contributed by atoms with van der Waals surface area (Å²) in [4.78, 5) is 39.2. The average Bonchev–Trinajstić information content (AvgIpc) is 2.90. The number of rotatable bonds is 3. The van der Waals surface area contributed by atoms with Gasteiger partial charge in [0.25, 0.3) is 5.91 Å². The average molecular weight is 418 g/mol. The van der Waals surface area contributed by atoms with Gasteiger partial charge in [-0.1, -0.05) is 53.5 Å². The van der Waals surface area contributed by atoms with Crippen LogP contribution in [0, 0.1) is 0 Å². The standard InChI is InChI=1S/C20H17Cl2N3O3/c21-14-8-3-9-15(22)17(14)23-16(26)11-25-18(27)20(24-19(25)28)10-4-6-12-5-1-2-7-13(12)20/h1-3,5,7-9H,4,6,10-11H2,(H,23,26)(H,24,28). The number of carbonyl (C=O) groups is 3. The van der Waals surface area contributed by atoms with Gasteiger partial charge < -0.3 is 10.6 Å². The number of benzene rings is 2. The van der Waals surface area contributed by atoms with E-state index in [2.05, 4.69) is 10.6 Å². The van der Waals surface area contributed by atoms with Crippen molar-refractivity contribution in [1.82, 2.24) is 10.2 Å². The minimum Gasteiger partial charge on any atom is -0.322 e. The van der Waals surface area contributed by atoms with E-state index in [0.29, 0.717) is 6.42 Å². The Balaban J connectivity index is 1.57. The second-order valence-corrected chi connectivity index (χ2v) is 7.70. The Bertz CT molecular complexity index is 974. The van der Waals surface area contributed by atoms with Crippen LogP contribution in [-0.4, -0.2) is 29.3 Å². The molecule has 6 nitrogen and oxygen atoms in total. The Morgan fingerprint density at radius 3 is 2.57 bits per heavy atom. The normalized spacial score (nSPS) is 20.9. The van der Waals surface area contributed by atoms with Crippen molar-refractivity contribution in [2.75, 3.05) is 11.9 Å². The molecule has 2 aromatic rings. The summed E-state index contributed by atoms with van der Waals surface area (Å²) < 4.78 is 0. The van der Waals surface area contributed by atoms with Crippen LogP contribution in [0.4, 0.5) is 10.5 Å². The zero-order valence-corrected chi connectivity index (χ0v) is 16.3. The fourth-order valence-corrected chi connectivity index (χ4v) is 4.39. The van der Waals surface area contributed by atoms with E-state index in [4.69, 9.17) is 23.2 Å². The van der Waals surface area contributed by atoms with Crippen molar-refractivity contribution in [3.05, 3.63) is 63.6 Å². The molecule has 1 atom stereocenters. The summed E-state index contributed by atoms with van der Waals surface area (Å²) in [5.41, 5.74) is 0.989. The van der Waals surface area contributed by atoms with Gasteiger partial charge in [-0.3, -0.25) is 14.5 Å². The number of fused-ring (bicyclic) bond motifs is 2. The molecule has 8 heteroatoms. The SMILES string of the molecule is O=C(CN1C(=O)NC2(CCCc3ccccc32)C1=O)Nc1c(Cl)cccc1Cl. The van der Waals surface area contributed by atoms with Gasteiger partial charge in [0, 0.05) is 0 Å². The number of halogens is 2. The summed E-state index contributed by atoms with van der Waals surface area (Å²) in [7, 11) is 0. The van der Waals surface area contributed by atoms with Crippen molar-refractivity contribution in [2.45, 2.75) is 24.8 Å². The molecule has 1 aliphatic heterocycles. The number of nitrogens with one attached hydrogen (secondary N) is 2. The van der Waals surface area contributed by atoms with Gasteiger partial charge in [-0.05, 0) is 42.5 Å². The first-order valence-corrected chi connectivity index (χ1v) is 9.64. The molecule has 2 aromatic carbocycles. The number of anilines is 1. The molecule has 28 heavy (non-hydrogen) atoms. The molecule has 1 aliphatic carbocycles. The number of nitrogens with zero attached hydrogens (tertiary/aromatic N) is 1. The van der Waals surface area contributed by atoms with Gasteiger partial charge >= 0.3 is 6.03 Å².